The van der Waals surface area contributed by atoms with E-state index in [2.05, 4.69) is 19.4 Å². The lowest BCUT2D eigenvalue weighted by atomic mass is 10.1. The highest BCUT2D eigenvalue weighted by Gasteiger charge is 2.26. The first-order valence-corrected chi connectivity index (χ1v) is 11.9. The molecule has 2 rings (SSSR count). The summed E-state index contributed by atoms with van der Waals surface area (Å²) in [6, 6.07) is 3.12. The molecule has 2 aromatic rings. The fourth-order valence-corrected chi connectivity index (χ4v) is 3.88. The van der Waals surface area contributed by atoms with Crippen LogP contribution in [0.25, 0.3) is 0 Å². The van der Waals surface area contributed by atoms with Crippen LogP contribution in [0, 0.1) is 0 Å². The number of rotatable bonds is 8. The first-order chi connectivity index (χ1) is 14.8. The number of carbonyl (C=O) groups excluding carboxylic acids is 2. The number of ether oxygens (including phenoxy) is 2. The smallest absolute Gasteiger partial charge is 0.339 e. The van der Waals surface area contributed by atoms with Gasteiger partial charge in [0.2, 0.25) is 21.9 Å². The van der Waals surface area contributed by atoms with Gasteiger partial charge in [-0.25, -0.2) is 35.9 Å². The fraction of sp³-hybridized carbons (Fsp3) is 0.250. The number of aromatic amines is 1. The molecule has 1 aromatic carbocycles. The van der Waals surface area contributed by atoms with Crippen molar-refractivity contribution in [1.82, 2.24) is 19.4 Å². The maximum absolute atomic E-state index is 12.8. The van der Waals surface area contributed by atoms with E-state index in [1.165, 1.54) is 13.2 Å². The first kappa shape index (κ1) is 24.8. The number of anilines is 1. The number of carbonyl (C=O) groups is 2. The third kappa shape index (κ3) is 6.76. The van der Waals surface area contributed by atoms with Gasteiger partial charge in [0, 0.05) is 6.54 Å². The molecule has 0 atom stereocenters. The largest absolute Gasteiger partial charge is 0.481 e. The van der Waals surface area contributed by atoms with Gasteiger partial charge in [-0.2, -0.15) is 4.98 Å². The van der Waals surface area contributed by atoms with E-state index in [0.717, 1.165) is 31.6 Å². The van der Waals surface area contributed by atoms with Crippen molar-refractivity contribution in [3.05, 3.63) is 45.7 Å². The molecule has 1 aromatic heterocycles. The van der Waals surface area contributed by atoms with Crippen molar-refractivity contribution in [2.45, 2.75) is 11.4 Å². The number of methoxy groups -OCH3 is 2. The van der Waals surface area contributed by atoms with Crippen molar-refractivity contribution in [3.63, 3.8) is 0 Å². The maximum Gasteiger partial charge on any atom is 0.339 e. The Kier molecular flexibility index (Phi) is 7.55. The molecular weight excluding hydrogens is 470 g/mol. The second kappa shape index (κ2) is 9.75. The third-order valence-electron chi connectivity index (χ3n) is 3.67. The Morgan fingerprint density at radius 3 is 2.41 bits per heavy atom. The molecule has 0 bridgehead atoms. The highest BCUT2D eigenvalue weighted by molar-refractivity contribution is 7.90. The summed E-state index contributed by atoms with van der Waals surface area (Å²) in [5.41, 5.74) is -0.888. The van der Waals surface area contributed by atoms with Gasteiger partial charge in [-0.3, -0.25) is 15.1 Å². The van der Waals surface area contributed by atoms with Crippen molar-refractivity contribution in [1.29, 1.82) is 0 Å². The molecule has 1 heterocycles. The topological polar surface area (TPSA) is 203 Å². The molecule has 14 nitrogen and oxygen atoms in total. The molecule has 0 aliphatic carbocycles. The third-order valence-corrected chi connectivity index (χ3v) is 5.71. The van der Waals surface area contributed by atoms with Crippen molar-refractivity contribution in [2.75, 3.05) is 25.8 Å². The van der Waals surface area contributed by atoms with Crippen molar-refractivity contribution < 1.29 is 35.9 Å². The SMILES string of the molecule is COC(=O)c1ccc(CNS(C)(=O)=O)cc1S(=O)(=O)NC(=O)Nc1nc(OC)cc(=O)[nH]1. The lowest BCUT2D eigenvalue weighted by molar-refractivity contribution is 0.0596. The van der Waals surface area contributed by atoms with Crippen LogP contribution in [-0.2, 0) is 31.3 Å². The molecule has 0 aliphatic rings. The number of sulfonamides is 2. The standard InChI is InChI=1S/C16H19N5O9S2/c1-29-13-7-12(22)18-15(19-13)20-16(24)21-32(27,28)11-6-9(8-17-31(3,25)26)4-5-10(11)14(23)30-2/h4-7,17H,8H2,1-3H3,(H3,18,19,20,21,22,24). The summed E-state index contributed by atoms with van der Waals surface area (Å²) in [7, 11) is -5.98. The highest BCUT2D eigenvalue weighted by atomic mass is 32.2. The van der Waals surface area contributed by atoms with Gasteiger partial charge in [0.15, 0.2) is 0 Å². The van der Waals surface area contributed by atoms with Gasteiger partial charge in [-0.05, 0) is 17.7 Å². The van der Waals surface area contributed by atoms with Gasteiger partial charge in [-0.1, -0.05) is 6.07 Å². The monoisotopic (exact) mass is 489 g/mol. The molecule has 16 heteroatoms. The molecular formula is C16H19N5O9S2. The molecule has 2 amide bonds. The Balaban J connectivity index is 2.35. The van der Waals surface area contributed by atoms with Gasteiger partial charge in [0.1, 0.15) is 4.90 Å². The Labute approximate surface area is 182 Å². The molecule has 0 fully saturated rings. The summed E-state index contributed by atoms with van der Waals surface area (Å²) in [5.74, 6) is -1.54. The predicted molar refractivity (Wildman–Crippen MR) is 110 cm³/mol. The van der Waals surface area contributed by atoms with Crippen LogP contribution in [-0.4, -0.2) is 59.3 Å². The Morgan fingerprint density at radius 2 is 1.81 bits per heavy atom. The van der Waals surface area contributed by atoms with Crippen LogP contribution < -0.4 is 25.1 Å². The van der Waals surface area contributed by atoms with E-state index in [4.69, 9.17) is 4.74 Å². The first-order valence-electron chi connectivity index (χ1n) is 8.49. The van der Waals surface area contributed by atoms with E-state index in [9.17, 15) is 31.2 Å². The number of esters is 1. The molecule has 4 N–H and O–H groups in total. The summed E-state index contributed by atoms with van der Waals surface area (Å²) >= 11 is 0. The van der Waals surface area contributed by atoms with Gasteiger partial charge in [0.05, 0.1) is 32.1 Å². The van der Waals surface area contributed by atoms with Gasteiger partial charge in [-0.15, -0.1) is 0 Å². The number of nitrogens with zero attached hydrogens (tertiary/aromatic N) is 1. The minimum Gasteiger partial charge on any atom is -0.481 e. The lowest BCUT2D eigenvalue weighted by Crippen LogP contribution is -2.36. The molecule has 0 saturated heterocycles. The second-order valence-corrected chi connectivity index (χ2v) is 9.60. The van der Waals surface area contributed by atoms with Crippen LogP contribution >= 0.6 is 0 Å². The minimum absolute atomic E-state index is 0.133. The number of hydrogen-bond acceptors (Lipinski definition) is 10. The summed E-state index contributed by atoms with van der Waals surface area (Å²) in [6.07, 6.45) is 0.913. The van der Waals surface area contributed by atoms with E-state index < -0.39 is 54.0 Å². The summed E-state index contributed by atoms with van der Waals surface area (Å²) in [4.78, 5) is 41.0. The van der Waals surface area contributed by atoms with Crippen LogP contribution in [0.3, 0.4) is 0 Å². The zero-order valence-electron chi connectivity index (χ0n) is 17.0. The number of nitrogens with one attached hydrogen (secondary N) is 4. The van der Waals surface area contributed by atoms with E-state index in [1.807, 2.05) is 5.32 Å². The average molecular weight is 489 g/mol. The second-order valence-electron chi connectivity index (χ2n) is 6.11. The molecule has 0 saturated carbocycles. The van der Waals surface area contributed by atoms with Gasteiger partial charge >= 0.3 is 12.0 Å². The molecule has 174 valence electrons. The quantitative estimate of drug-likeness (QED) is 0.337. The number of hydrogen-bond donors (Lipinski definition) is 4. The van der Waals surface area contributed by atoms with E-state index in [-0.39, 0.29) is 18.0 Å². The average Bonchev–Trinajstić information content (AvgIpc) is 2.69. The molecule has 0 radical (unpaired) electrons. The summed E-state index contributed by atoms with van der Waals surface area (Å²) in [5, 5.41) is 2.02. The van der Waals surface area contributed by atoms with Crippen molar-refractivity contribution in [3.8, 4) is 5.88 Å². The lowest BCUT2D eigenvalue weighted by Gasteiger charge is -2.13. The van der Waals surface area contributed by atoms with Crippen LogP contribution in [0.1, 0.15) is 15.9 Å². The summed E-state index contributed by atoms with van der Waals surface area (Å²) < 4.78 is 61.3. The van der Waals surface area contributed by atoms with Crippen LogP contribution in [0.5, 0.6) is 5.88 Å². The van der Waals surface area contributed by atoms with Crippen molar-refractivity contribution in [2.24, 2.45) is 0 Å². The van der Waals surface area contributed by atoms with Crippen LogP contribution in [0.4, 0.5) is 10.7 Å². The Morgan fingerprint density at radius 1 is 1.12 bits per heavy atom. The number of aromatic nitrogens is 2. The fourth-order valence-electron chi connectivity index (χ4n) is 2.30. The normalized spacial score (nSPS) is 11.5. The highest BCUT2D eigenvalue weighted by Crippen LogP contribution is 2.19. The maximum atomic E-state index is 12.8. The number of H-pyrrole nitrogens is 1. The van der Waals surface area contributed by atoms with Gasteiger partial charge in [0.25, 0.3) is 15.6 Å². The van der Waals surface area contributed by atoms with Crippen molar-refractivity contribution >= 4 is 38.0 Å². The Hall–Kier alpha value is -3.50. The van der Waals surface area contributed by atoms with Crippen LogP contribution in [0.15, 0.2) is 34.0 Å². The summed E-state index contributed by atoms with van der Waals surface area (Å²) in [6.45, 7) is -0.274. The van der Waals surface area contributed by atoms with E-state index in [0.29, 0.717) is 0 Å². The van der Waals surface area contributed by atoms with E-state index in [1.54, 1.807) is 4.72 Å². The minimum atomic E-state index is -4.66. The number of amides is 2. The molecule has 32 heavy (non-hydrogen) atoms. The zero-order chi connectivity index (χ0) is 24.1. The molecule has 0 spiro atoms. The van der Waals surface area contributed by atoms with Crippen LogP contribution in [0.2, 0.25) is 0 Å². The Bertz CT molecular complexity index is 1300. The zero-order valence-corrected chi connectivity index (χ0v) is 18.6. The molecule has 0 unspecified atom stereocenters. The molecule has 0 aliphatic heterocycles. The predicted octanol–water partition coefficient (Wildman–Crippen LogP) is -0.875. The van der Waals surface area contributed by atoms with Gasteiger partial charge < -0.3 is 9.47 Å². The van der Waals surface area contributed by atoms with E-state index >= 15 is 0 Å². The number of benzene rings is 1. The number of urea groups is 1.